The summed E-state index contributed by atoms with van der Waals surface area (Å²) < 4.78 is 2.39. The summed E-state index contributed by atoms with van der Waals surface area (Å²) >= 11 is 0. The molecular weight excluding hydrogens is 292 g/mol. The molecule has 0 spiro atoms. The van der Waals surface area contributed by atoms with Gasteiger partial charge in [-0.25, -0.2) is 29.2 Å². The minimum Gasteiger partial charge on any atom is -0.383 e. The molecule has 0 atom stereocenters. The SMILES string of the molecule is Nc1ncnc2c1ncn2-n1c(=O)[nH]c2c(N)[nH]c(=O)nc21. The lowest BCUT2D eigenvalue weighted by Gasteiger charge is -2.04. The zero-order chi connectivity index (χ0) is 15.4. The van der Waals surface area contributed by atoms with Crippen LogP contribution in [0, 0.1) is 0 Å². The third kappa shape index (κ3) is 1.45. The molecule has 0 radical (unpaired) electrons. The van der Waals surface area contributed by atoms with Crippen molar-refractivity contribution in [3.8, 4) is 0 Å². The van der Waals surface area contributed by atoms with E-state index in [1.807, 2.05) is 0 Å². The van der Waals surface area contributed by atoms with Gasteiger partial charge >= 0.3 is 11.4 Å². The summed E-state index contributed by atoms with van der Waals surface area (Å²) in [5.74, 6) is 0.173. The molecule has 0 amide bonds. The topological polar surface area (TPSA) is 179 Å². The highest BCUT2D eigenvalue weighted by atomic mass is 16.2. The van der Waals surface area contributed by atoms with Crippen LogP contribution >= 0.6 is 0 Å². The largest absolute Gasteiger partial charge is 0.383 e. The fraction of sp³-hybridized carbons (Fsp3) is 0. The Bertz CT molecular complexity index is 1150. The first-order chi connectivity index (χ1) is 10.6. The Morgan fingerprint density at radius 2 is 1.86 bits per heavy atom. The first-order valence-electron chi connectivity index (χ1n) is 6.01. The lowest BCUT2D eigenvalue weighted by Crippen LogP contribution is -2.24. The average molecular weight is 300 g/mol. The van der Waals surface area contributed by atoms with Crippen LogP contribution in [-0.4, -0.2) is 39.3 Å². The van der Waals surface area contributed by atoms with Crippen LogP contribution < -0.4 is 22.8 Å². The summed E-state index contributed by atoms with van der Waals surface area (Å²) in [6.45, 7) is 0. The number of imidazole rings is 2. The van der Waals surface area contributed by atoms with E-state index in [0.29, 0.717) is 5.52 Å². The predicted octanol–water partition coefficient (Wildman–Crippen LogP) is -1.97. The number of hydrogen-bond donors (Lipinski definition) is 4. The van der Waals surface area contributed by atoms with E-state index in [0.717, 1.165) is 4.68 Å². The van der Waals surface area contributed by atoms with Crippen molar-refractivity contribution in [1.29, 1.82) is 0 Å². The number of fused-ring (bicyclic) bond motifs is 2. The standard InChI is InChI=1S/C10H8N10O2/c11-5-3-7(14-1-13-5)19(2-15-3)20-8-4(16-10(20)22)6(12)17-9(21)18-8/h1-2H,(H,16,22)(H2,11,13,14)(H3,12,17,18,21). The Morgan fingerprint density at radius 1 is 1.05 bits per heavy atom. The molecule has 22 heavy (non-hydrogen) atoms. The zero-order valence-corrected chi connectivity index (χ0v) is 10.8. The second-order valence-corrected chi connectivity index (χ2v) is 4.42. The molecule has 0 aliphatic carbocycles. The van der Waals surface area contributed by atoms with E-state index in [9.17, 15) is 9.59 Å². The molecule has 4 rings (SSSR count). The third-order valence-corrected chi connectivity index (χ3v) is 3.13. The highest BCUT2D eigenvalue weighted by molar-refractivity contribution is 5.83. The van der Waals surface area contributed by atoms with E-state index in [4.69, 9.17) is 11.5 Å². The summed E-state index contributed by atoms with van der Waals surface area (Å²) in [6.07, 6.45) is 2.56. The average Bonchev–Trinajstić information content (AvgIpc) is 3.01. The van der Waals surface area contributed by atoms with Crippen LogP contribution in [0.25, 0.3) is 22.3 Å². The number of aromatic nitrogens is 8. The van der Waals surface area contributed by atoms with Crippen molar-refractivity contribution in [3.63, 3.8) is 0 Å². The molecule has 4 aromatic heterocycles. The van der Waals surface area contributed by atoms with Gasteiger partial charge in [0, 0.05) is 0 Å². The first-order valence-corrected chi connectivity index (χ1v) is 6.01. The van der Waals surface area contributed by atoms with Crippen LogP contribution in [0.3, 0.4) is 0 Å². The number of anilines is 2. The lowest BCUT2D eigenvalue weighted by molar-refractivity contribution is 0.660. The minimum atomic E-state index is -0.684. The summed E-state index contributed by atoms with van der Waals surface area (Å²) in [5, 5.41) is 0. The smallest absolute Gasteiger partial charge is 0.348 e. The van der Waals surface area contributed by atoms with Crippen LogP contribution in [0.5, 0.6) is 0 Å². The predicted molar refractivity (Wildman–Crippen MR) is 75.9 cm³/mol. The normalized spacial score (nSPS) is 11.5. The number of H-pyrrole nitrogens is 2. The van der Waals surface area contributed by atoms with Gasteiger partial charge in [-0.3, -0.25) is 9.97 Å². The van der Waals surface area contributed by atoms with E-state index >= 15 is 0 Å². The number of nitrogen functional groups attached to an aromatic ring is 2. The van der Waals surface area contributed by atoms with Gasteiger partial charge < -0.3 is 11.5 Å². The van der Waals surface area contributed by atoms with Crippen LogP contribution in [0.1, 0.15) is 0 Å². The molecule has 4 aromatic rings. The second-order valence-electron chi connectivity index (χ2n) is 4.42. The molecule has 6 N–H and O–H groups in total. The maximum absolute atomic E-state index is 12.2. The Labute approximate surface area is 119 Å². The zero-order valence-electron chi connectivity index (χ0n) is 10.8. The lowest BCUT2D eigenvalue weighted by atomic mass is 10.5. The van der Waals surface area contributed by atoms with Crippen LogP contribution in [0.2, 0.25) is 0 Å². The van der Waals surface area contributed by atoms with Gasteiger partial charge in [-0.1, -0.05) is 0 Å². The van der Waals surface area contributed by atoms with E-state index < -0.39 is 11.4 Å². The maximum atomic E-state index is 12.2. The van der Waals surface area contributed by atoms with Gasteiger partial charge in [-0.15, -0.1) is 0 Å². The molecule has 110 valence electrons. The first kappa shape index (κ1) is 12.1. The summed E-state index contributed by atoms with van der Waals surface area (Å²) in [6, 6.07) is 0. The molecule has 0 fully saturated rings. The second kappa shape index (κ2) is 3.91. The summed E-state index contributed by atoms with van der Waals surface area (Å²) in [4.78, 5) is 44.2. The monoisotopic (exact) mass is 300 g/mol. The van der Waals surface area contributed by atoms with Crippen molar-refractivity contribution in [2.24, 2.45) is 0 Å². The molecule has 4 heterocycles. The molecule has 0 saturated heterocycles. The highest BCUT2D eigenvalue weighted by Crippen LogP contribution is 2.16. The third-order valence-electron chi connectivity index (χ3n) is 3.13. The van der Waals surface area contributed by atoms with Crippen molar-refractivity contribution >= 4 is 34.0 Å². The van der Waals surface area contributed by atoms with Gasteiger partial charge in [0.2, 0.25) is 0 Å². The Morgan fingerprint density at radius 3 is 2.68 bits per heavy atom. The van der Waals surface area contributed by atoms with E-state index in [1.54, 1.807) is 0 Å². The van der Waals surface area contributed by atoms with Crippen molar-refractivity contribution in [1.82, 2.24) is 39.3 Å². The highest BCUT2D eigenvalue weighted by Gasteiger charge is 2.17. The van der Waals surface area contributed by atoms with Crippen LogP contribution in [0.4, 0.5) is 11.6 Å². The number of aromatic amines is 2. The van der Waals surface area contributed by atoms with Gasteiger partial charge in [-0.2, -0.15) is 9.66 Å². The van der Waals surface area contributed by atoms with Gasteiger partial charge in [0.1, 0.15) is 24.0 Å². The Kier molecular flexibility index (Phi) is 2.14. The van der Waals surface area contributed by atoms with Gasteiger partial charge in [0.15, 0.2) is 22.6 Å². The molecule has 0 aliphatic rings. The molecule has 0 unspecified atom stereocenters. The van der Waals surface area contributed by atoms with Crippen LogP contribution in [0.15, 0.2) is 22.2 Å². The number of nitrogens with two attached hydrogens (primary N) is 2. The van der Waals surface area contributed by atoms with Gasteiger partial charge in [0.25, 0.3) is 0 Å². The van der Waals surface area contributed by atoms with Gasteiger partial charge in [0.05, 0.1) is 0 Å². The minimum absolute atomic E-state index is 0.00408. The fourth-order valence-electron chi connectivity index (χ4n) is 2.20. The Hall–Kier alpha value is -3.70. The number of nitrogens with zero attached hydrogens (tertiary/aromatic N) is 6. The maximum Gasteiger partial charge on any atom is 0.348 e. The van der Waals surface area contributed by atoms with Gasteiger partial charge in [-0.05, 0) is 0 Å². The fourth-order valence-corrected chi connectivity index (χ4v) is 2.20. The van der Waals surface area contributed by atoms with E-state index in [1.165, 1.54) is 17.3 Å². The number of rotatable bonds is 1. The van der Waals surface area contributed by atoms with Crippen molar-refractivity contribution < 1.29 is 0 Å². The molecule has 0 aromatic carbocycles. The van der Waals surface area contributed by atoms with Crippen molar-refractivity contribution in [2.45, 2.75) is 0 Å². The summed E-state index contributed by atoms with van der Waals surface area (Å²) in [5.41, 5.74) is 11.0. The van der Waals surface area contributed by atoms with Crippen LogP contribution in [-0.2, 0) is 0 Å². The molecule has 0 aliphatic heterocycles. The van der Waals surface area contributed by atoms with E-state index in [2.05, 4.69) is 29.9 Å². The molecular formula is C10H8N10O2. The quantitative estimate of drug-likeness (QED) is 0.312. The molecule has 12 heteroatoms. The van der Waals surface area contributed by atoms with Crippen molar-refractivity contribution in [2.75, 3.05) is 11.5 Å². The van der Waals surface area contributed by atoms with E-state index in [-0.39, 0.29) is 28.4 Å². The number of hydrogen-bond acceptors (Lipinski definition) is 8. The molecule has 0 bridgehead atoms. The van der Waals surface area contributed by atoms with Crippen molar-refractivity contribution in [3.05, 3.63) is 33.6 Å². The summed E-state index contributed by atoms with van der Waals surface area (Å²) in [7, 11) is 0. The molecule has 12 nitrogen and oxygen atoms in total. The molecule has 0 saturated carbocycles. The Balaban J connectivity index is 2.17. The number of nitrogens with one attached hydrogen (secondary N) is 2.